The zero-order valence-electron chi connectivity index (χ0n) is 9.53. The molecule has 7 heteroatoms. The maximum atomic E-state index is 6.14. The minimum Gasteiger partial charge on any atom is -0.350 e. The van der Waals surface area contributed by atoms with Crippen LogP contribution in [-0.4, -0.2) is 16.5 Å². The van der Waals surface area contributed by atoms with Crippen molar-refractivity contribution >= 4 is 52.0 Å². The molecule has 0 N–H and O–H groups in total. The summed E-state index contributed by atoms with van der Waals surface area (Å²) in [6.07, 6.45) is 1.76. The van der Waals surface area contributed by atoms with E-state index < -0.39 is 0 Å². The first-order valence-corrected chi connectivity index (χ1v) is 7.22. The SMILES string of the molecule is CCN(Cc1cnc(Cl)s1)c1nc(Cl)ccc1Cl. The van der Waals surface area contributed by atoms with E-state index in [0.717, 1.165) is 11.4 Å². The van der Waals surface area contributed by atoms with E-state index in [4.69, 9.17) is 34.8 Å². The van der Waals surface area contributed by atoms with Gasteiger partial charge in [-0.3, -0.25) is 0 Å². The Morgan fingerprint density at radius 2 is 2.06 bits per heavy atom. The van der Waals surface area contributed by atoms with Gasteiger partial charge in [-0.05, 0) is 19.1 Å². The molecule has 18 heavy (non-hydrogen) atoms. The third kappa shape index (κ3) is 3.26. The van der Waals surface area contributed by atoms with Crippen LogP contribution in [0, 0.1) is 0 Å². The van der Waals surface area contributed by atoms with Gasteiger partial charge in [0, 0.05) is 17.6 Å². The summed E-state index contributed by atoms with van der Waals surface area (Å²) in [5.74, 6) is 0.677. The molecule has 0 fully saturated rings. The van der Waals surface area contributed by atoms with Gasteiger partial charge in [0.2, 0.25) is 0 Å². The quantitative estimate of drug-likeness (QED) is 0.775. The molecule has 3 nitrogen and oxygen atoms in total. The molecule has 0 radical (unpaired) electrons. The van der Waals surface area contributed by atoms with Gasteiger partial charge in [0.05, 0.1) is 11.6 Å². The van der Waals surface area contributed by atoms with Crippen molar-refractivity contribution in [3.8, 4) is 0 Å². The Labute approximate surface area is 124 Å². The van der Waals surface area contributed by atoms with Crippen LogP contribution in [0.4, 0.5) is 5.82 Å². The standard InChI is InChI=1S/C11H10Cl3N3S/c1-2-17(6-7-5-15-11(14)18-7)10-8(12)3-4-9(13)16-10/h3-5H,2,6H2,1H3. The van der Waals surface area contributed by atoms with Crippen LogP contribution in [0.2, 0.25) is 14.6 Å². The fourth-order valence-electron chi connectivity index (χ4n) is 1.51. The molecule has 0 bridgehead atoms. The molecule has 0 atom stereocenters. The number of pyridine rings is 1. The molecule has 0 saturated carbocycles. The van der Waals surface area contributed by atoms with E-state index in [1.54, 1.807) is 18.3 Å². The molecule has 2 aromatic rings. The Morgan fingerprint density at radius 1 is 1.28 bits per heavy atom. The molecular weight excluding hydrogens is 313 g/mol. The van der Waals surface area contributed by atoms with Gasteiger partial charge in [0.15, 0.2) is 4.47 Å². The first kappa shape index (κ1) is 13.9. The van der Waals surface area contributed by atoms with Crippen LogP contribution < -0.4 is 4.90 Å². The molecule has 2 rings (SSSR count). The molecule has 96 valence electrons. The minimum absolute atomic E-state index is 0.426. The van der Waals surface area contributed by atoms with Gasteiger partial charge < -0.3 is 4.90 Å². The first-order valence-electron chi connectivity index (χ1n) is 5.27. The topological polar surface area (TPSA) is 29.0 Å². The predicted molar refractivity (Wildman–Crippen MR) is 78.1 cm³/mol. The molecule has 0 spiro atoms. The van der Waals surface area contributed by atoms with Crippen LogP contribution in [-0.2, 0) is 6.54 Å². The summed E-state index contributed by atoms with van der Waals surface area (Å²) in [6.45, 7) is 3.46. The van der Waals surface area contributed by atoms with Gasteiger partial charge >= 0.3 is 0 Å². The molecule has 0 amide bonds. The number of hydrogen-bond donors (Lipinski definition) is 0. The van der Waals surface area contributed by atoms with E-state index >= 15 is 0 Å². The van der Waals surface area contributed by atoms with Crippen LogP contribution in [0.1, 0.15) is 11.8 Å². The fourth-order valence-corrected chi connectivity index (χ4v) is 2.87. The monoisotopic (exact) mass is 321 g/mol. The van der Waals surface area contributed by atoms with Crippen molar-refractivity contribution in [2.75, 3.05) is 11.4 Å². The lowest BCUT2D eigenvalue weighted by molar-refractivity contribution is 0.822. The molecule has 0 saturated heterocycles. The summed E-state index contributed by atoms with van der Waals surface area (Å²) >= 11 is 19.3. The van der Waals surface area contributed by atoms with Gasteiger partial charge in [-0.25, -0.2) is 9.97 Å². The number of thiazole rings is 1. The van der Waals surface area contributed by atoms with Crippen LogP contribution in [0.5, 0.6) is 0 Å². The molecule has 0 unspecified atom stereocenters. The van der Waals surface area contributed by atoms with Gasteiger partial charge in [0.1, 0.15) is 11.0 Å². The number of aromatic nitrogens is 2. The third-order valence-corrected chi connectivity index (χ3v) is 3.95. The van der Waals surface area contributed by atoms with E-state index in [2.05, 4.69) is 9.97 Å². The Balaban J connectivity index is 2.25. The highest BCUT2D eigenvalue weighted by Gasteiger charge is 2.13. The van der Waals surface area contributed by atoms with Crippen LogP contribution >= 0.6 is 46.1 Å². The third-order valence-electron chi connectivity index (χ3n) is 2.35. The molecule has 2 aromatic heterocycles. The van der Waals surface area contributed by atoms with Gasteiger partial charge in [-0.1, -0.05) is 34.8 Å². The number of rotatable bonds is 4. The van der Waals surface area contributed by atoms with E-state index in [-0.39, 0.29) is 0 Å². The summed E-state index contributed by atoms with van der Waals surface area (Å²) in [5.41, 5.74) is 0. The second kappa shape index (κ2) is 6.06. The van der Waals surface area contributed by atoms with Crippen molar-refractivity contribution in [3.63, 3.8) is 0 Å². The number of halogens is 3. The molecule has 0 aromatic carbocycles. The minimum atomic E-state index is 0.426. The van der Waals surface area contributed by atoms with E-state index in [1.807, 2.05) is 11.8 Å². The van der Waals surface area contributed by atoms with Crippen molar-refractivity contribution < 1.29 is 0 Å². The Hall–Kier alpha value is -0.550. The summed E-state index contributed by atoms with van der Waals surface area (Å²) in [5, 5.41) is 1.01. The highest BCUT2D eigenvalue weighted by atomic mass is 35.5. The number of nitrogens with zero attached hydrogens (tertiary/aromatic N) is 3. The zero-order valence-corrected chi connectivity index (χ0v) is 12.6. The zero-order chi connectivity index (χ0) is 13.1. The second-order valence-electron chi connectivity index (χ2n) is 3.53. The smallest absolute Gasteiger partial charge is 0.183 e. The van der Waals surface area contributed by atoms with Crippen molar-refractivity contribution in [1.82, 2.24) is 9.97 Å². The van der Waals surface area contributed by atoms with Crippen LogP contribution in [0.25, 0.3) is 0 Å². The lowest BCUT2D eigenvalue weighted by Gasteiger charge is -2.22. The van der Waals surface area contributed by atoms with Crippen molar-refractivity contribution in [3.05, 3.63) is 37.8 Å². The maximum absolute atomic E-state index is 6.14. The summed E-state index contributed by atoms with van der Waals surface area (Å²) in [6, 6.07) is 3.42. The van der Waals surface area contributed by atoms with Gasteiger partial charge in [-0.15, -0.1) is 11.3 Å². The Kier molecular flexibility index (Phi) is 4.67. The maximum Gasteiger partial charge on any atom is 0.183 e. The Bertz CT molecular complexity index is 544. The first-order chi connectivity index (χ1) is 8.60. The van der Waals surface area contributed by atoms with Crippen LogP contribution in [0.15, 0.2) is 18.3 Å². The molecule has 0 aliphatic rings. The normalized spacial score (nSPS) is 10.7. The summed E-state index contributed by atoms with van der Waals surface area (Å²) in [7, 11) is 0. The van der Waals surface area contributed by atoms with E-state index in [9.17, 15) is 0 Å². The average Bonchev–Trinajstić information content (AvgIpc) is 2.75. The highest BCUT2D eigenvalue weighted by Crippen LogP contribution is 2.28. The lowest BCUT2D eigenvalue weighted by atomic mass is 10.4. The number of anilines is 1. The Morgan fingerprint density at radius 3 is 2.67 bits per heavy atom. The lowest BCUT2D eigenvalue weighted by Crippen LogP contribution is -2.23. The van der Waals surface area contributed by atoms with Crippen LogP contribution in [0.3, 0.4) is 0 Å². The highest BCUT2D eigenvalue weighted by molar-refractivity contribution is 7.15. The molecule has 0 aliphatic carbocycles. The summed E-state index contributed by atoms with van der Waals surface area (Å²) < 4.78 is 0.534. The van der Waals surface area contributed by atoms with Crippen molar-refractivity contribution in [2.45, 2.75) is 13.5 Å². The van der Waals surface area contributed by atoms with E-state index in [0.29, 0.717) is 27.0 Å². The molecular formula is C11H10Cl3N3S. The van der Waals surface area contributed by atoms with E-state index in [1.165, 1.54) is 11.3 Å². The predicted octanol–water partition coefficient (Wildman–Crippen LogP) is 4.52. The molecule has 2 heterocycles. The van der Waals surface area contributed by atoms with Gasteiger partial charge in [-0.2, -0.15) is 0 Å². The largest absolute Gasteiger partial charge is 0.350 e. The average molecular weight is 323 g/mol. The number of hydrogen-bond acceptors (Lipinski definition) is 4. The second-order valence-corrected chi connectivity index (χ2v) is 6.02. The fraction of sp³-hybridized carbons (Fsp3) is 0.273. The van der Waals surface area contributed by atoms with Gasteiger partial charge in [0.25, 0.3) is 0 Å². The summed E-state index contributed by atoms with van der Waals surface area (Å²) in [4.78, 5) is 11.4. The van der Waals surface area contributed by atoms with Crippen molar-refractivity contribution in [1.29, 1.82) is 0 Å². The molecule has 0 aliphatic heterocycles. The van der Waals surface area contributed by atoms with Crippen molar-refractivity contribution in [2.24, 2.45) is 0 Å².